The van der Waals surface area contributed by atoms with Crippen LogP contribution < -0.4 is 0 Å². The van der Waals surface area contributed by atoms with Gasteiger partial charge in [0.15, 0.2) is 0 Å². The van der Waals surface area contributed by atoms with Crippen LogP contribution in [0.25, 0.3) is 0 Å². The van der Waals surface area contributed by atoms with Crippen LogP contribution in [0.2, 0.25) is 0 Å². The van der Waals surface area contributed by atoms with Crippen LogP contribution in [0.15, 0.2) is 0 Å². The number of hydrogen-bond acceptors (Lipinski definition) is 8. The zero-order valence-corrected chi connectivity index (χ0v) is 12.2. The summed E-state index contributed by atoms with van der Waals surface area (Å²) < 4.78 is 10.2. The summed E-state index contributed by atoms with van der Waals surface area (Å²) in [7, 11) is -4.76. The maximum atomic E-state index is 10.2. The maximum absolute atomic E-state index is 10.2. The molecule has 1 aliphatic heterocycles. The summed E-state index contributed by atoms with van der Waals surface area (Å²) in [6.45, 7) is 1.58. The molecule has 0 spiro atoms. The summed E-state index contributed by atoms with van der Waals surface area (Å²) in [5.74, 6) is -0.364. The predicted molar refractivity (Wildman–Crippen MR) is 69.5 cm³/mol. The molecule has 120 valence electrons. The van der Waals surface area contributed by atoms with Crippen LogP contribution in [0, 0.1) is 5.92 Å². The number of ether oxygens (including phenoxy) is 1. The van der Waals surface area contributed by atoms with Crippen LogP contribution in [0.1, 0.15) is 26.2 Å². The van der Waals surface area contributed by atoms with Gasteiger partial charge in [-0.3, -0.25) is 0 Å². The van der Waals surface area contributed by atoms with Gasteiger partial charge in [-0.15, -0.1) is 0 Å². The first kappa shape index (κ1) is 16.5. The van der Waals surface area contributed by atoms with E-state index in [9.17, 15) is 15.3 Å². The van der Waals surface area contributed by atoms with E-state index < -0.39 is 44.8 Å². The topological polar surface area (TPSA) is 140 Å². The van der Waals surface area contributed by atoms with Gasteiger partial charge in [-0.05, 0) is 0 Å². The van der Waals surface area contributed by atoms with Crippen molar-refractivity contribution in [3.05, 3.63) is 0 Å². The van der Waals surface area contributed by atoms with E-state index >= 15 is 0 Å². The molecule has 9 heteroatoms. The Hall–Kier alpha value is 0.110. The van der Waals surface area contributed by atoms with Crippen molar-refractivity contribution in [2.24, 2.45) is 5.92 Å². The molecule has 1 saturated heterocycles. The molecule has 1 saturated carbocycles. The Labute approximate surface area is 117 Å². The van der Waals surface area contributed by atoms with E-state index in [0.717, 1.165) is 0 Å². The van der Waals surface area contributed by atoms with Crippen LogP contribution in [0.3, 0.4) is 0 Å². The molecule has 7 atom stereocenters. The molecule has 2 aliphatic rings. The molecule has 2 rings (SSSR count). The third-order valence-electron chi connectivity index (χ3n) is 4.06. The molecular formula is C11H23O8P. The number of aliphatic hydroxyl groups is 3. The Morgan fingerprint density at radius 3 is 2.30 bits per heavy atom. The van der Waals surface area contributed by atoms with Crippen molar-refractivity contribution < 1.29 is 39.3 Å². The monoisotopic (exact) mass is 314 g/mol. The minimum absolute atomic E-state index is 0.218. The fourth-order valence-corrected chi connectivity index (χ4v) is 3.80. The Balaban J connectivity index is 2.04. The summed E-state index contributed by atoms with van der Waals surface area (Å²) in [5, 5.41) is 29.7. The normalized spacial score (nSPS) is 47.5. The molecule has 0 amide bonds. The number of rotatable bonds is 3. The Morgan fingerprint density at radius 2 is 1.75 bits per heavy atom. The number of aliphatic hydroxyl groups excluding tert-OH is 3. The summed E-state index contributed by atoms with van der Waals surface area (Å²) >= 11 is 0. The van der Waals surface area contributed by atoms with Crippen LogP contribution in [-0.4, -0.2) is 66.6 Å². The van der Waals surface area contributed by atoms with Gasteiger partial charge >= 0.3 is 116 Å². The van der Waals surface area contributed by atoms with E-state index in [2.05, 4.69) is 0 Å². The van der Waals surface area contributed by atoms with Crippen LogP contribution in [0.5, 0.6) is 0 Å². The molecule has 2 fully saturated rings. The fourth-order valence-electron chi connectivity index (χ4n) is 3.10. The zero-order chi connectivity index (χ0) is 15.1. The van der Waals surface area contributed by atoms with Crippen LogP contribution >= 0.6 is 8.17 Å². The van der Waals surface area contributed by atoms with Crippen molar-refractivity contribution in [2.45, 2.75) is 62.8 Å². The van der Waals surface area contributed by atoms with Gasteiger partial charge in [-0.25, -0.2) is 0 Å². The zero-order valence-electron chi connectivity index (χ0n) is 11.2. The molecule has 0 aromatic rings. The summed E-state index contributed by atoms with van der Waals surface area (Å²) in [5.41, 5.74) is 0. The average molecular weight is 314 g/mol. The molecule has 0 bridgehead atoms. The van der Waals surface area contributed by atoms with Gasteiger partial charge in [0.05, 0.1) is 0 Å². The molecule has 0 aromatic carbocycles. The second kappa shape index (κ2) is 6.08. The van der Waals surface area contributed by atoms with Crippen molar-refractivity contribution >= 4 is 8.17 Å². The molecule has 0 aromatic heterocycles. The third-order valence-corrected chi connectivity index (χ3v) is 4.65. The fraction of sp³-hybridized carbons (Fsp3) is 1.00. The van der Waals surface area contributed by atoms with Gasteiger partial charge in [0.2, 0.25) is 0 Å². The van der Waals surface area contributed by atoms with Crippen LogP contribution in [-0.2, 0) is 9.26 Å². The quantitative estimate of drug-likeness (QED) is 0.343. The van der Waals surface area contributed by atoms with E-state index in [4.69, 9.17) is 23.9 Å². The summed E-state index contributed by atoms with van der Waals surface area (Å²) in [6, 6.07) is 0. The minimum atomic E-state index is -4.76. The van der Waals surface area contributed by atoms with Gasteiger partial charge in [0.1, 0.15) is 0 Å². The van der Waals surface area contributed by atoms with E-state index in [1.165, 1.54) is 0 Å². The SMILES string of the molecule is CC1OC(C2CCC(O)CC2O)C(O)C1O[PH](O)(O)O. The van der Waals surface area contributed by atoms with Gasteiger partial charge in [-0.2, -0.15) is 0 Å². The molecule has 0 radical (unpaired) electrons. The second-order valence-corrected chi connectivity index (χ2v) is 7.03. The first-order valence-electron chi connectivity index (χ1n) is 6.73. The van der Waals surface area contributed by atoms with Crippen molar-refractivity contribution in [3.8, 4) is 0 Å². The first-order valence-corrected chi connectivity index (χ1v) is 8.48. The van der Waals surface area contributed by atoms with Crippen molar-refractivity contribution in [1.29, 1.82) is 0 Å². The predicted octanol–water partition coefficient (Wildman–Crippen LogP) is -1.57. The average Bonchev–Trinajstić information content (AvgIpc) is 2.55. The van der Waals surface area contributed by atoms with Gasteiger partial charge in [0.25, 0.3) is 0 Å². The van der Waals surface area contributed by atoms with Gasteiger partial charge < -0.3 is 0 Å². The van der Waals surface area contributed by atoms with Crippen molar-refractivity contribution in [2.75, 3.05) is 0 Å². The standard InChI is InChI=1S/C11H23O8P/c1-5-10(19-20(15,16)17)9(14)11(18-5)7-3-2-6(12)4-8(7)13/h5-17,20H,2-4H2,1H3. The van der Waals surface area contributed by atoms with Crippen LogP contribution in [0.4, 0.5) is 0 Å². The van der Waals surface area contributed by atoms with E-state index in [0.29, 0.717) is 12.8 Å². The van der Waals surface area contributed by atoms with Crippen molar-refractivity contribution in [1.82, 2.24) is 0 Å². The third kappa shape index (κ3) is 3.65. The molecular weight excluding hydrogens is 291 g/mol. The molecule has 1 aliphatic carbocycles. The van der Waals surface area contributed by atoms with Gasteiger partial charge in [0, 0.05) is 0 Å². The Bertz CT molecular complexity index is 335. The van der Waals surface area contributed by atoms with Gasteiger partial charge in [-0.1, -0.05) is 0 Å². The molecule has 7 unspecified atom stereocenters. The molecule has 20 heavy (non-hydrogen) atoms. The second-order valence-electron chi connectivity index (χ2n) is 5.65. The van der Waals surface area contributed by atoms with E-state index in [1.807, 2.05) is 0 Å². The summed E-state index contributed by atoms with van der Waals surface area (Å²) in [6.07, 6.45) is -3.77. The van der Waals surface area contributed by atoms with Crippen molar-refractivity contribution in [3.63, 3.8) is 0 Å². The van der Waals surface area contributed by atoms with E-state index in [1.54, 1.807) is 6.92 Å². The Morgan fingerprint density at radius 1 is 1.10 bits per heavy atom. The number of hydrogen-bond donors (Lipinski definition) is 6. The van der Waals surface area contributed by atoms with E-state index in [-0.39, 0.29) is 12.3 Å². The summed E-state index contributed by atoms with van der Waals surface area (Å²) in [4.78, 5) is 26.9. The first-order chi connectivity index (χ1) is 9.19. The molecule has 8 nitrogen and oxygen atoms in total. The molecule has 6 N–H and O–H groups in total. The Kier molecular flexibility index (Phi) is 5.01. The molecule has 1 heterocycles.